The lowest BCUT2D eigenvalue weighted by molar-refractivity contribution is 0.216. The number of ether oxygens (including phenoxy) is 1. The Bertz CT molecular complexity index is 1090. The molecule has 2 aromatic carbocycles. The topological polar surface area (TPSA) is 86.7 Å². The molecule has 0 N–H and O–H groups in total. The highest BCUT2D eigenvalue weighted by atomic mass is 32.2. The van der Waals surface area contributed by atoms with Gasteiger partial charge in [-0.1, -0.05) is 31.5 Å². The molecule has 0 aromatic heterocycles. The fourth-order valence-corrected chi connectivity index (χ4v) is 5.53. The van der Waals surface area contributed by atoms with Gasteiger partial charge in [0.15, 0.2) is 0 Å². The van der Waals surface area contributed by atoms with Gasteiger partial charge in [0, 0.05) is 12.3 Å². The first-order chi connectivity index (χ1) is 13.1. The predicted molar refractivity (Wildman–Crippen MR) is 105 cm³/mol. The average Bonchev–Trinajstić information content (AvgIpc) is 3.13. The Balaban J connectivity index is 1.86. The van der Waals surface area contributed by atoms with Gasteiger partial charge in [-0.3, -0.25) is 0 Å². The summed E-state index contributed by atoms with van der Waals surface area (Å²) in [6.45, 7) is 5.95. The van der Waals surface area contributed by atoms with E-state index in [1.807, 2.05) is 20.8 Å². The number of sulfone groups is 1. The summed E-state index contributed by atoms with van der Waals surface area (Å²) in [4.78, 5) is 0.388. The van der Waals surface area contributed by atoms with Crippen molar-refractivity contribution in [2.75, 3.05) is 6.61 Å². The molecule has 0 fully saturated rings. The van der Waals surface area contributed by atoms with E-state index in [2.05, 4.69) is 0 Å². The standard InChI is InChI=1S/C20H22O6S2/c1-14(2)20-19(12-13-25-20)27(21,22)17-10-6-16(7-11-17)26-28(23,24)18-8-4-15(3)5-9-18/h4-11,14H,12-13H2,1-3H3. The van der Waals surface area contributed by atoms with Gasteiger partial charge in [0.1, 0.15) is 16.4 Å². The third-order valence-electron chi connectivity index (χ3n) is 4.36. The minimum absolute atomic E-state index is 0.0321. The van der Waals surface area contributed by atoms with Crippen LogP contribution in [0.3, 0.4) is 0 Å². The van der Waals surface area contributed by atoms with Crippen molar-refractivity contribution in [2.24, 2.45) is 5.92 Å². The number of aryl methyl sites for hydroxylation is 1. The third kappa shape index (κ3) is 4.07. The van der Waals surface area contributed by atoms with E-state index < -0.39 is 20.0 Å². The first-order valence-electron chi connectivity index (χ1n) is 8.83. The molecule has 0 atom stereocenters. The van der Waals surface area contributed by atoms with Crippen molar-refractivity contribution < 1.29 is 25.8 Å². The van der Waals surface area contributed by atoms with Crippen molar-refractivity contribution in [2.45, 2.75) is 37.0 Å². The molecule has 6 nitrogen and oxygen atoms in total. The largest absolute Gasteiger partial charge is 0.496 e. The lowest BCUT2D eigenvalue weighted by atomic mass is 10.2. The van der Waals surface area contributed by atoms with Crippen molar-refractivity contribution in [3.8, 4) is 5.75 Å². The zero-order valence-electron chi connectivity index (χ0n) is 15.9. The molecule has 1 aliphatic heterocycles. The van der Waals surface area contributed by atoms with E-state index >= 15 is 0 Å². The highest BCUT2D eigenvalue weighted by molar-refractivity contribution is 7.95. The van der Waals surface area contributed by atoms with Crippen LogP contribution in [0.25, 0.3) is 0 Å². The smallest absolute Gasteiger partial charge is 0.339 e. The van der Waals surface area contributed by atoms with E-state index in [1.54, 1.807) is 12.1 Å². The second-order valence-electron chi connectivity index (χ2n) is 6.87. The Morgan fingerprint density at radius 3 is 2.04 bits per heavy atom. The summed E-state index contributed by atoms with van der Waals surface area (Å²) in [7, 11) is -7.69. The highest BCUT2D eigenvalue weighted by Gasteiger charge is 2.31. The van der Waals surface area contributed by atoms with E-state index in [0.717, 1.165) is 5.56 Å². The fourth-order valence-electron chi connectivity index (χ4n) is 2.91. The molecular formula is C20H22O6S2. The molecule has 0 saturated carbocycles. The second kappa shape index (κ2) is 7.60. The van der Waals surface area contributed by atoms with Gasteiger partial charge in [-0.25, -0.2) is 8.42 Å². The molecule has 0 unspecified atom stereocenters. The summed E-state index contributed by atoms with van der Waals surface area (Å²) >= 11 is 0. The molecule has 0 spiro atoms. The van der Waals surface area contributed by atoms with E-state index in [1.165, 1.54) is 36.4 Å². The molecule has 8 heteroatoms. The Morgan fingerprint density at radius 2 is 1.46 bits per heavy atom. The van der Waals surface area contributed by atoms with Crippen molar-refractivity contribution >= 4 is 20.0 Å². The Hall–Kier alpha value is -2.32. The first kappa shape index (κ1) is 20.4. The summed E-state index contributed by atoms with van der Waals surface area (Å²) in [5, 5.41) is 0. The monoisotopic (exact) mass is 422 g/mol. The highest BCUT2D eigenvalue weighted by Crippen LogP contribution is 2.34. The zero-order valence-corrected chi connectivity index (χ0v) is 17.5. The maximum atomic E-state index is 12.9. The third-order valence-corrected chi connectivity index (χ3v) is 7.57. The lowest BCUT2D eigenvalue weighted by Gasteiger charge is -2.11. The minimum atomic E-state index is -3.99. The van der Waals surface area contributed by atoms with Crippen molar-refractivity contribution in [3.05, 3.63) is 64.8 Å². The molecule has 0 radical (unpaired) electrons. The maximum Gasteiger partial charge on any atom is 0.339 e. The van der Waals surface area contributed by atoms with Gasteiger partial charge in [-0.15, -0.1) is 0 Å². The van der Waals surface area contributed by atoms with Crippen LogP contribution in [0, 0.1) is 12.8 Å². The average molecular weight is 423 g/mol. The second-order valence-corrected chi connectivity index (χ2v) is 10.4. The quantitative estimate of drug-likeness (QED) is 0.658. The number of hydrogen-bond acceptors (Lipinski definition) is 6. The fraction of sp³-hybridized carbons (Fsp3) is 0.300. The van der Waals surface area contributed by atoms with Crippen LogP contribution in [0.5, 0.6) is 5.75 Å². The number of allylic oxidation sites excluding steroid dienone is 1. The minimum Gasteiger partial charge on any atom is -0.496 e. The Kier molecular flexibility index (Phi) is 5.54. The predicted octanol–water partition coefficient (Wildman–Crippen LogP) is 3.82. The van der Waals surface area contributed by atoms with Gasteiger partial charge in [-0.2, -0.15) is 8.42 Å². The summed E-state index contributed by atoms with van der Waals surface area (Å²) < 4.78 is 61.1. The van der Waals surface area contributed by atoms with Crippen molar-refractivity contribution in [3.63, 3.8) is 0 Å². The molecule has 0 amide bonds. The van der Waals surface area contributed by atoms with Crippen LogP contribution in [0.2, 0.25) is 0 Å². The van der Waals surface area contributed by atoms with Gasteiger partial charge in [0.25, 0.3) is 0 Å². The van der Waals surface area contributed by atoms with E-state index in [9.17, 15) is 16.8 Å². The van der Waals surface area contributed by atoms with Crippen LogP contribution in [0.1, 0.15) is 25.8 Å². The van der Waals surface area contributed by atoms with Crippen LogP contribution in [-0.2, 0) is 24.7 Å². The van der Waals surface area contributed by atoms with Crippen LogP contribution < -0.4 is 4.18 Å². The van der Waals surface area contributed by atoms with E-state index in [-0.39, 0.29) is 26.4 Å². The van der Waals surface area contributed by atoms with E-state index in [4.69, 9.17) is 8.92 Å². The van der Waals surface area contributed by atoms with Crippen molar-refractivity contribution in [1.29, 1.82) is 0 Å². The van der Waals surface area contributed by atoms with Crippen LogP contribution >= 0.6 is 0 Å². The summed E-state index contributed by atoms with van der Waals surface area (Å²) in [6.07, 6.45) is 0.329. The van der Waals surface area contributed by atoms with Gasteiger partial charge < -0.3 is 8.92 Å². The normalized spacial score (nSPS) is 15.0. The first-order valence-corrected chi connectivity index (χ1v) is 11.7. The number of benzene rings is 2. The molecule has 150 valence electrons. The SMILES string of the molecule is Cc1ccc(S(=O)(=O)Oc2ccc(S(=O)(=O)C3=C(C(C)C)OCC3)cc2)cc1. The molecule has 0 aliphatic carbocycles. The van der Waals surface area contributed by atoms with Crippen LogP contribution in [0.4, 0.5) is 0 Å². The van der Waals surface area contributed by atoms with Crippen molar-refractivity contribution in [1.82, 2.24) is 0 Å². The molecule has 2 aromatic rings. The molecule has 3 rings (SSSR count). The summed E-state index contributed by atoms with van der Waals surface area (Å²) in [5.74, 6) is 0.497. The van der Waals surface area contributed by atoms with E-state index in [0.29, 0.717) is 18.8 Å². The van der Waals surface area contributed by atoms with Gasteiger partial charge in [0.2, 0.25) is 9.84 Å². The lowest BCUT2D eigenvalue weighted by Crippen LogP contribution is -2.10. The molecule has 28 heavy (non-hydrogen) atoms. The summed E-state index contributed by atoms with van der Waals surface area (Å²) in [6, 6.07) is 11.6. The molecule has 0 saturated heterocycles. The Morgan fingerprint density at radius 1 is 0.893 bits per heavy atom. The van der Waals surface area contributed by atoms with Crippen LogP contribution in [-0.4, -0.2) is 23.4 Å². The zero-order chi connectivity index (χ0) is 20.5. The summed E-state index contributed by atoms with van der Waals surface area (Å²) in [5.41, 5.74) is 0.930. The molecule has 1 heterocycles. The molecule has 1 aliphatic rings. The molecular weight excluding hydrogens is 400 g/mol. The van der Waals surface area contributed by atoms with Gasteiger partial charge in [0.05, 0.1) is 16.4 Å². The number of hydrogen-bond donors (Lipinski definition) is 0. The number of rotatable bonds is 6. The van der Waals surface area contributed by atoms with Gasteiger partial charge in [-0.05, 0) is 43.3 Å². The maximum absolute atomic E-state index is 12.9. The Labute approximate surface area is 165 Å². The van der Waals surface area contributed by atoms with Crippen LogP contribution in [0.15, 0.2) is 69.0 Å². The molecule has 0 bridgehead atoms. The van der Waals surface area contributed by atoms with Gasteiger partial charge >= 0.3 is 10.1 Å².